The van der Waals surface area contributed by atoms with Crippen LogP contribution in [0.1, 0.15) is 46.2 Å². The van der Waals surface area contributed by atoms with Crippen molar-refractivity contribution in [2.75, 3.05) is 13.7 Å². The van der Waals surface area contributed by atoms with Crippen LogP contribution in [0.25, 0.3) is 0 Å². The van der Waals surface area contributed by atoms with Crippen LogP contribution in [0.5, 0.6) is 5.75 Å². The normalized spacial score (nSPS) is 16.2. The Morgan fingerprint density at radius 1 is 1.14 bits per heavy atom. The summed E-state index contributed by atoms with van der Waals surface area (Å²) in [4.78, 5) is 23.8. The van der Waals surface area contributed by atoms with E-state index in [9.17, 15) is 4.79 Å². The number of aromatic nitrogens is 2. The van der Waals surface area contributed by atoms with Crippen LogP contribution in [0.4, 0.5) is 0 Å². The van der Waals surface area contributed by atoms with Gasteiger partial charge in [-0.25, -0.2) is 0 Å². The fraction of sp³-hybridized carbons (Fsp3) is 0.261. The maximum absolute atomic E-state index is 12.9. The van der Waals surface area contributed by atoms with Crippen LogP contribution in [0, 0.1) is 0 Å². The first-order valence-electron chi connectivity index (χ1n) is 9.55. The lowest BCUT2D eigenvalue weighted by molar-refractivity contribution is 0.0732. The minimum atomic E-state index is 0.00493. The number of carbonyl (C=O) groups is 1. The summed E-state index contributed by atoms with van der Waals surface area (Å²) < 4.78 is 5.46. The summed E-state index contributed by atoms with van der Waals surface area (Å²) >= 11 is 0. The molecule has 0 saturated carbocycles. The van der Waals surface area contributed by atoms with Gasteiger partial charge in [-0.15, -0.1) is 0 Å². The van der Waals surface area contributed by atoms with E-state index < -0.39 is 0 Å². The van der Waals surface area contributed by atoms with Gasteiger partial charge in [0.1, 0.15) is 5.75 Å². The number of methoxy groups -OCH3 is 1. The SMILES string of the molecule is COc1ccccc1Cc1cccc(C2CCCN2C(=O)c2cccnc2)n1. The third-order valence-electron chi connectivity index (χ3n) is 5.16. The van der Waals surface area contributed by atoms with Crippen molar-refractivity contribution in [3.63, 3.8) is 0 Å². The van der Waals surface area contributed by atoms with Gasteiger partial charge in [0, 0.05) is 36.6 Å². The molecule has 1 aromatic carbocycles. The molecule has 1 atom stereocenters. The van der Waals surface area contributed by atoms with Crippen molar-refractivity contribution in [3.8, 4) is 5.75 Å². The van der Waals surface area contributed by atoms with E-state index in [1.165, 1.54) is 0 Å². The summed E-state index contributed by atoms with van der Waals surface area (Å²) in [7, 11) is 1.68. The molecule has 3 aromatic rings. The Balaban J connectivity index is 1.57. The van der Waals surface area contributed by atoms with Crippen molar-refractivity contribution in [2.45, 2.75) is 25.3 Å². The fourth-order valence-corrected chi connectivity index (χ4v) is 3.80. The molecule has 0 spiro atoms. The smallest absolute Gasteiger partial charge is 0.255 e. The van der Waals surface area contributed by atoms with E-state index in [0.717, 1.165) is 42.1 Å². The molecule has 28 heavy (non-hydrogen) atoms. The molecule has 1 aliphatic heterocycles. The highest BCUT2D eigenvalue weighted by molar-refractivity contribution is 5.94. The molecule has 142 valence electrons. The monoisotopic (exact) mass is 373 g/mol. The Bertz CT molecular complexity index is 959. The largest absolute Gasteiger partial charge is 0.496 e. The Hall–Kier alpha value is -3.21. The number of amides is 1. The highest BCUT2D eigenvalue weighted by atomic mass is 16.5. The van der Waals surface area contributed by atoms with E-state index in [-0.39, 0.29) is 11.9 Å². The Labute approximate surface area is 165 Å². The average molecular weight is 373 g/mol. The van der Waals surface area contributed by atoms with Gasteiger partial charge in [0.25, 0.3) is 5.91 Å². The lowest BCUT2D eigenvalue weighted by Crippen LogP contribution is -2.31. The predicted molar refractivity (Wildman–Crippen MR) is 107 cm³/mol. The maximum Gasteiger partial charge on any atom is 0.255 e. The molecule has 0 radical (unpaired) electrons. The maximum atomic E-state index is 12.9. The zero-order valence-corrected chi connectivity index (χ0v) is 15.9. The standard InChI is InChI=1S/C23H23N3O2/c1-28-22-12-3-2-7-17(22)15-19-9-4-10-20(25-19)21-11-6-14-26(21)23(27)18-8-5-13-24-16-18/h2-5,7-10,12-13,16,21H,6,11,14-15H2,1H3. The van der Waals surface area contributed by atoms with Crippen molar-refractivity contribution in [1.29, 1.82) is 0 Å². The van der Waals surface area contributed by atoms with Crippen LogP contribution in [0.2, 0.25) is 0 Å². The second-order valence-electron chi connectivity index (χ2n) is 6.94. The molecule has 1 unspecified atom stereocenters. The summed E-state index contributed by atoms with van der Waals surface area (Å²) in [6.45, 7) is 0.747. The number of likely N-dealkylation sites (tertiary alicyclic amines) is 1. The first-order valence-corrected chi connectivity index (χ1v) is 9.55. The van der Waals surface area contributed by atoms with Gasteiger partial charge in [0.15, 0.2) is 0 Å². The second-order valence-corrected chi connectivity index (χ2v) is 6.94. The number of para-hydroxylation sites is 1. The molecule has 0 aliphatic carbocycles. The Morgan fingerprint density at radius 2 is 2.04 bits per heavy atom. The van der Waals surface area contributed by atoms with Gasteiger partial charge in [-0.3, -0.25) is 14.8 Å². The predicted octanol–water partition coefficient (Wildman–Crippen LogP) is 4.05. The summed E-state index contributed by atoms with van der Waals surface area (Å²) in [5, 5.41) is 0. The third-order valence-corrected chi connectivity index (χ3v) is 5.16. The lowest BCUT2D eigenvalue weighted by Gasteiger charge is -2.24. The van der Waals surface area contributed by atoms with Gasteiger partial charge in [-0.1, -0.05) is 24.3 Å². The number of rotatable bonds is 5. The zero-order chi connectivity index (χ0) is 19.3. The molecule has 0 N–H and O–H groups in total. The van der Waals surface area contributed by atoms with Crippen LogP contribution >= 0.6 is 0 Å². The first kappa shape index (κ1) is 18.2. The number of benzene rings is 1. The quantitative estimate of drug-likeness (QED) is 0.677. The van der Waals surface area contributed by atoms with Gasteiger partial charge in [0.2, 0.25) is 0 Å². The van der Waals surface area contributed by atoms with E-state index in [2.05, 4.69) is 11.1 Å². The number of carbonyl (C=O) groups excluding carboxylic acids is 1. The van der Waals surface area contributed by atoms with Gasteiger partial charge in [-0.2, -0.15) is 0 Å². The Kier molecular flexibility index (Phi) is 5.33. The van der Waals surface area contributed by atoms with Crippen molar-refractivity contribution in [1.82, 2.24) is 14.9 Å². The lowest BCUT2D eigenvalue weighted by atomic mass is 10.1. The highest BCUT2D eigenvalue weighted by Crippen LogP contribution is 2.32. The fourth-order valence-electron chi connectivity index (χ4n) is 3.80. The van der Waals surface area contributed by atoms with E-state index >= 15 is 0 Å². The van der Waals surface area contributed by atoms with E-state index in [0.29, 0.717) is 12.0 Å². The average Bonchev–Trinajstić information content (AvgIpc) is 3.24. The van der Waals surface area contributed by atoms with E-state index in [1.807, 2.05) is 47.4 Å². The van der Waals surface area contributed by atoms with Crippen molar-refractivity contribution in [3.05, 3.63) is 89.5 Å². The molecule has 1 saturated heterocycles. The number of ether oxygens (including phenoxy) is 1. The van der Waals surface area contributed by atoms with Crippen LogP contribution in [0.15, 0.2) is 67.0 Å². The third kappa shape index (κ3) is 3.74. The second kappa shape index (κ2) is 8.21. The van der Waals surface area contributed by atoms with E-state index in [1.54, 1.807) is 25.6 Å². The van der Waals surface area contributed by atoms with Crippen LogP contribution in [-0.4, -0.2) is 34.4 Å². The van der Waals surface area contributed by atoms with Crippen molar-refractivity contribution >= 4 is 5.91 Å². The van der Waals surface area contributed by atoms with Crippen molar-refractivity contribution in [2.24, 2.45) is 0 Å². The molecule has 3 heterocycles. The zero-order valence-electron chi connectivity index (χ0n) is 15.9. The van der Waals surface area contributed by atoms with E-state index in [4.69, 9.17) is 9.72 Å². The molecule has 1 amide bonds. The van der Waals surface area contributed by atoms with Crippen molar-refractivity contribution < 1.29 is 9.53 Å². The van der Waals surface area contributed by atoms with Crippen LogP contribution in [0.3, 0.4) is 0 Å². The summed E-state index contributed by atoms with van der Waals surface area (Å²) in [5.74, 6) is 0.886. The summed E-state index contributed by atoms with van der Waals surface area (Å²) in [5.41, 5.74) is 3.65. The molecule has 1 fully saturated rings. The molecule has 5 heteroatoms. The molecular formula is C23H23N3O2. The summed E-state index contributed by atoms with van der Waals surface area (Å²) in [6.07, 6.45) is 5.91. The molecule has 1 aliphatic rings. The van der Waals surface area contributed by atoms with Gasteiger partial charge < -0.3 is 9.64 Å². The minimum absolute atomic E-state index is 0.00493. The molecular weight excluding hydrogens is 350 g/mol. The topological polar surface area (TPSA) is 55.3 Å². The number of nitrogens with zero attached hydrogens (tertiary/aromatic N) is 3. The first-order chi connectivity index (χ1) is 13.8. The summed E-state index contributed by atoms with van der Waals surface area (Å²) in [6, 6.07) is 17.7. The molecule has 4 rings (SSSR count). The minimum Gasteiger partial charge on any atom is -0.496 e. The molecule has 0 bridgehead atoms. The molecule has 5 nitrogen and oxygen atoms in total. The van der Waals surface area contributed by atoms with Crippen LogP contribution in [-0.2, 0) is 6.42 Å². The number of hydrogen-bond acceptors (Lipinski definition) is 4. The highest BCUT2D eigenvalue weighted by Gasteiger charge is 2.31. The van der Waals surface area contributed by atoms with Gasteiger partial charge >= 0.3 is 0 Å². The van der Waals surface area contributed by atoms with Gasteiger partial charge in [0.05, 0.1) is 24.4 Å². The Morgan fingerprint density at radius 3 is 2.86 bits per heavy atom. The number of hydrogen-bond donors (Lipinski definition) is 0. The molecule has 2 aromatic heterocycles. The number of pyridine rings is 2. The van der Waals surface area contributed by atoms with Crippen LogP contribution < -0.4 is 4.74 Å². The van der Waals surface area contributed by atoms with Gasteiger partial charge in [-0.05, 0) is 43.2 Å².